The Kier molecular flexibility index (Phi) is 5.85. The van der Waals surface area contributed by atoms with Gasteiger partial charge in [-0.3, -0.25) is 24.3 Å². The molecule has 2 amide bonds. The minimum atomic E-state index is -3.67. The summed E-state index contributed by atoms with van der Waals surface area (Å²) in [7, 11) is -3.67. The maximum Gasteiger partial charge on any atom is 0.262 e. The molecule has 2 aromatic rings. The van der Waals surface area contributed by atoms with E-state index >= 15 is 0 Å². The fraction of sp³-hybridized carbons (Fsp3) is 0.316. The van der Waals surface area contributed by atoms with E-state index in [0.717, 1.165) is 36.3 Å². The van der Waals surface area contributed by atoms with Crippen LogP contribution in [0.1, 0.15) is 53.3 Å². The number of unbranched alkanes of at least 4 members (excludes halogenated alkanes) is 3. The zero-order valence-corrected chi connectivity index (χ0v) is 16.7. The van der Waals surface area contributed by atoms with Gasteiger partial charge in [0.2, 0.25) is 10.0 Å². The highest BCUT2D eigenvalue weighted by Gasteiger charge is 2.31. The number of fused-ring (bicyclic) bond motifs is 1. The van der Waals surface area contributed by atoms with Gasteiger partial charge < -0.3 is 5.73 Å². The van der Waals surface area contributed by atoms with E-state index in [1.165, 1.54) is 24.3 Å². The first kappa shape index (κ1) is 20.7. The lowest BCUT2D eigenvalue weighted by Gasteiger charge is -2.13. The summed E-state index contributed by atoms with van der Waals surface area (Å²) < 4.78 is 28.4. The predicted molar refractivity (Wildman–Crippen MR) is 108 cm³/mol. The quantitative estimate of drug-likeness (QED) is 0.434. The summed E-state index contributed by atoms with van der Waals surface area (Å²) in [6, 6.07) is 6.59. The molecule has 0 fully saturated rings. The molecule has 154 valence electrons. The molecule has 3 rings (SSSR count). The highest BCUT2D eigenvalue weighted by atomic mass is 32.2. The standard InChI is InChI=1S/C19H22N4O5S/c1-2-3-4-5-10-21-29(27,28)13-8-6-12(7-9-13)23-15(24)11-14-16(17(23)20)19(26)22-18(14)25/h6-9,11,21H,2-5,10,20H2,1H3,(H,22,25,26). The minimum absolute atomic E-state index is 0.0532. The first-order valence-electron chi connectivity index (χ1n) is 9.27. The van der Waals surface area contributed by atoms with Crippen LogP contribution in [0.3, 0.4) is 0 Å². The summed E-state index contributed by atoms with van der Waals surface area (Å²) >= 11 is 0. The fourth-order valence-corrected chi connectivity index (χ4v) is 4.24. The molecule has 0 atom stereocenters. The number of anilines is 1. The summed E-state index contributed by atoms with van der Waals surface area (Å²) in [6.45, 7) is 2.43. The van der Waals surface area contributed by atoms with Crippen LogP contribution < -0.4 is 21.3 Å². The molecule has 1 aromatic heterocycles. The molecule has 0 aliphatic carbocycles. The van der Waals surface area contributed by atoms with Crippen molar-refractivity contribution >= 4 is 27.7 Å². The van der Waals surface area contributed by atoms with Crippen LogP contribution in [0.25, 0.3) is 5.69 Å². The van der Waals surface area contributed by atoms with Gasteiger partial charge >= 0.3 is 0 Å². The van der Waals surface area contributed by atoms with Crippen LogP contribution in [-0.2, 0) is 10.0 Å². The number of aromatic nitrogens is 1. The maximum atomic E-state index is 12.4. The molecule has 9 nitrogen and oxygen atoms in total. The average Bonchev–Trinajstić information content (AvgIpc) is 2.95. The van der Waals surface area contributed by atoms with E-state index in [1.807, 2.05) is 0 Å². The van der Waals surface area contributed by atoms with E-state index in [0.29, 0.717) is 6.54 Å². The lowest BCUT2D eigenvalue weighted by Crippen LogP contribution is -2.25. The molecule has 0 spiro atoms. The number of nitrogens with two attached hydrogens (primary N) is 1. The zero-order valence-electron chi connectivity index (χ0n) is 15.9. The molecule has 4 N–H and O–H groups in total. The molecule has 0 saturated carbocycles. The Morgan fingerprint density at radius 2 is 1.72 bits per heavy atom. The largest absolute Gasteiger partial charge is 0.384 e. The van der Waals surface area contributed by atoms with E-state index in [-0.39, 0.29) is 27.5 Å². The molecular formula is C19H22N4O5S. The molecule has 10 heteroatoms. The minimum Gasteiger partial charge on any atom is -0.384 e. The van der Waals surface area contributed by atoms with Crippen molar-refractivity contribution in [2.75, 3.05) is 12.3 Å². The van der Waals surface area contributed by atoms with Crippen LogP contribution in [0.5, 0.6) is 0 Å². The van der Waals surface area contributed by atoms with E-state index in [1.54, 1.807) is 0 Å². The Bertz CT molecular complexity index is 1120. The smallest absolute Gasteiger partial charge is 0.262 e. The topological polar surface area (TPSA) is 140 Å². The van der Waals surface area contributed by atoms with Gasteiger partial charge in [0.1, 0.15) is 5.82 Å². The molecule has 29 heavy (non-hydrogen) atoms. The maximum absolute atomic E-state index is 12.4. The normalized spacial score (nSPS) is 13.4. The number of pyridine rings is 1. The number of hydrogen-bond acceptors (Lipinski definition) is 6. The second-order valence-electron chi connectivity index (χ2n) is 6.73. The van der Waals surface area contributed by atoms with Crippen LogP contribution in [0.15, 0.2) is 40.0 Å². The number of benzene rings is 1. The van der Waals surface area contributed by atoms with Crippen molar-refractivity contribution in [1.29, 1.82) is 0 Å². The van der Waals surface area contributed by atoms with Crippen LogP contribution in [-0.4, -0.2) is 31.3 Å². The Balaban J connectivity index is 1.86. The van der Waals surface area contributed by atoms with Gasteiger partial charge in [-0.15, -0.1) is 0 Å². The van der Waals surface area contributed by atoms with Crippen LogP contribution in [0.2, 0.25) is 0 Å². The van der Waals surface area contributed by atoms with Gasteiger partial charge in [0.25, 0.3) is 17.4 Å². The second-order valence-corrected chi connectivity index (χ2v) is 8.49. The van der Waals surface area contributed by atoms with Crippen molar-refractivity contribution < 1.29 is 18.0 Å². The highest BCUT2D eigenvalue weighted by molar-refractivity contribution is 7.89. The lowest BCUT2D eigenvalue weighted by atomic mass is 10.1. The number of rotatable bonds is 8. The van der Waals surface area contributed by atoms with Gasteiger partial charge in [-0.25, -0.2) is 13.1 Å². The molecule has 2 heterocycles. The highest BCUT2D eigenvalue weighted by Crippen LogP contribution is 2.23. The molecule has 0 bridgehead atoms. The SMILES string of the molecule is CCCCCCNS(=O)(=O)c1ccc(-n2c(N)c3c(cc2=O)C(=O)NC3=O)cc1. The summed E-state index contributed by atoms with van der Waals surface area (Å²) in [6.07, 6.45) is 3.83. The van der Waals surface area contributed by atoms with E-state index in [9.17, 15) is 22.8 Å². The third kappa shape index (κ3) is 4.08. The number of carbonyl (C=O) groups is 2. The zero-order chi connectivity index (χ0) is 21.2. The van der Waals surface area contributed by atoms with Crippen molar-refractivity contribution in [2.24, 2.45) is 0 Å². The van der Waals surface area contributed by atoms with Crippen molar-refractivity contribution in [3.63, 3.8) is 0 Å². The molecular weight excluding hydrogens is 396 g/mol. The van der Waals surface area contributed by atoms with Gasteiger partial charge in [-0.05, 0) is 30.7 Å². The van der Waals surface area contributed by atoms with Crippen molar-refractivity contribution in [2.45, 2.75) is 37.5 Å². The molecule has 1 aromatic carbocycles. The van der Waals surface area contributed by atoms with E-state index < -0.39 is 27.4 Å². The average molecular weight is 418 g/mol. The Morgan fingerprint density at radius 3 is 2.38 bits per heavy atom. The van der Waals surface area contributed by atoms with Gasteiger partial charge in [0.15, 0.2) is 0 Å². The van der Waals surface area contributed by atoms with E-state index in [2.05, 4.69) is 17.0 Å². The fourth-order valence-electron chi connectivity index (χ4n) is 3.16. The van der Waals surface area contributed by atoms with Gasteiger partial charge in [0, 0.05) is 12.6 Å². The number of amides is 2. The molecule has 0 radical (unpaired) electrons. The van der Waals surface area contributed by atoms with Crippen molar-refractivity contribution in [3.05, 3.63) is 51.8 Å². The number of nitrogens with zero attached hydrogens (tertiary/aromatic N) is 1. The van der Waals surface area contributed by atoms with Gasteiger partial charge in [-0.2, -0.15) is 0 Å². The number of sulfonamides is 1. The number of carbonyl (C=O) groups excluding carboxylic acids is 2. The van der Waals surface area contributed by atoms with Gasteiger partial charge in [-0.1, -0.05) is 26.2 Å². The number of imide groups is 1. The van der Waals surface area contributed by atoms with Crippen molar-refractivity contribution in [1.82, 2.24) is 14.6 Å². The first-order chi connectivity index (χ1) is 13.8. The Morgan fingerprint density at radius 1 is 1.03 bits per heavy atom. The summed E-state index contributed by atoms with van der Waals surface area (Å²) in [4.78, 5) is 36.1. The number of nitrogens with one attached hydrogen (secondary N) is 2. The Labute approximate surface area is 168 Å². The monoisotopic (exact) mass is 418 g/mol. The Hall–Kier alpha value is -2.98. The third-order valence-corrected chi connectivity index (χ3v) is 6.16. The third-order valence-electron chi connectivity index (χ3n) is 4.68. The number of nitrogen functional groups attached to an aromatic ring is 1. The summed E-state index contributed by atoms with van der Waals surface area (Å²) in [5.41, 5.74) is 5.51. The molecule has 0 saturated heterocycles. The van der Waals surface area contributed by atoms with Crippen LogP contribution in [0, 0.1) is 0 Å². The summed E-state index contributed by atoms with van der Waals surface area (Å²) in [5, 5.41) is 2.09. The summed E-state index contributed by atoms with van der Waals surface area (Å²) in [5.74, 6) is -1.53. The lowest BCUT2D eigenvalue weighted by molar-refractivity contribution is 0.0880. The van der Waals surface area contributed by atoms with Crippen molar-refractivity contribution in [3.8, 4) is 5.69 Å². The molecule has 1 aliphatic rings. The number of hydrogen-bond donors (Lipinski definition) is 3. The van der Waals surface area contributed by atoms with Gasteiger partial charge in [0.05, 0.1) is 21.7 Å². The predicted octanol–water partition coefficient (Wildman–Crippen LogP) is 1.16. The van der Waals surface area contributed by atoms with Crippen LogP contribution >= 0.6 is 0 Å². The molecule has 0 unspecified atom stereocenters. The van der Waals surface area contributed by atoms with E-state index in [4.69, 9.17) is 5.73 Å². The molecule has 1 aliphatic heterocycles. The second kappa shape index (κ2) is 8.18. The van der Waals surface area contributed by atoms with Crippen LogP contribution in [0.4, 0.5) is 5.82 Å². The first-order valence-corrected chi connectivity index (χ1v) is 10.8.